The van der Waals surface area contributed by atoms with E-state index in [2.05, 4.69) is 75.7 Å². The third kappa shape index (κ3) is 4.67. The number of benzene rings is 2. The molecule has 3 N–H and O–H groups in total. The lowest BCUT2D eigenvalue weighted by Gasteiger charge is -2.13. The third-order valence-electron chi connectivity index (χ3n) is 6.06. The van der Waals surface area contributed by atoms with E-state index in [4.69, 9.17) is 5.73 Å². The number of hydrogen-bond acceptors (Lipinski definition) is 6. The molecule has 0 aliphatic carbocycles. The summed E-state index contributed by atoms with van der Waals surface area (Å²) in [6.07, 6.45) is 7.33. The number of nitrogens with one attached hydrogen (secondary N) is 1. The quantitative estimate of drug-likeness (QED) is 0.371. The second-order valence-electron chi connectivity index (χ2n) is 8.57. The van der Waals surface area contributed by atoms with Crippen molar-refractivity contribution in [3.05, 3.63) is 101 Å². The maximum atomic E-state index is 5.81. The molecule has 0 unspecified atom stereocenters. The summed E-state index contributed by atoms with van der Waals surface area (Å²) in [6, 6.07) is 14.8. The van der Waals surface area contributed by atoms with Crippen LogP contribution in [0.1, 0.15) is 33.4 Å². The maximum absolute atomic E-state index is 5.81. The Balaban J connectivity index is 1.31. The molecule has 172 valence electrons. The van der Waals surface area contributed by atoms with Crippen LogP contribution in [0.15, 0.2) is 67.4 Å². The van der Waals surface area contributed by atoms with Gasteiger partial charge in [0.1, 0.15) is 12.1 Å². The van der Waals surface area contributed by atoms with Gasteiger partial charge in [-0.05, 0) is 53.3 Å². The molecule has 2 aromatic carbocycles. The Morgan fingerprint density at radius 2 is 1.62 bits per heavy atom. The van der Waals surface area contributed by atoms with Crippen LogP contribution in [0, 0.1) is 13.8 Å². The number of hydrogen-bond donors (Lipinski definition) is 2. The summed E-state index contributed by atoms with van der Waals surface area (Å²) in [5, 5.41) is 13.3. The summed E-state index contributed by atoms with van der Waals surface area (Å²) in [5.74, 6) is 0.785. The van der Waals surface area contributed by atoms with Gasteiger partial charge in [-0.3, -0.25) is 9.36 Å². The Labute approximate surface area is 198 Å². The predicted octanol–water partition coefficient (Wildman–Crippen LogP) is 3.81. The predicted molar refractivity (Wildman–Crippen MR) is 133 cm³/mol. The number of rotatable bonds is 8. The fraction of sp³-hybridized carbons (Fsp3) is 0.231. The SMILES string of the molecule is Cc1cc(CN)cc(C)c1CNc1ncnc2nn(Cc3ccc(Cn4cccn4)cc3)cc12. The van der Waals surface area contributed by atoms with E-state index in [0.29, 0.717) is 25.3 Å². The van der Waals surface area contributed by atoms with Gasteiger partial charge in [-0.1, -0.05) is 36.4 Å². The molecule has 34 heavy (non-hydrogen) atoms. The third-order valence-corrected chi connectivity index (χ3v) is 6.06. The van der Waals surface area contributed by atoms with Gasteiger partial charge in [-0.2, -0.15) is 10.2 Å². The summed E-state index contributed by atoms with van der Waals surface area (Å²) in [5.41, 5.74) is 13.7. The zero-order valence-electron chi connectivity index (χ0n) is 19.4. The molecule has 0 spiro atoms. The van der Waals surface area contributed by atoms with Gasteiger partial charge in [-0.15, -0.1) is 0 Å². The Kier molecular flexibility index (Phi) is 6.05. The van der Waals surface area contributed by atoms with Crippen molar-refractivity contribution in [3.8, 4) is 0 Å². The number of nitrogens with zero attached hydrogens (tertiary/aromatic N) is 6. The van der Waals surface area contributed by atoms with E-state index in [1.807, 2.05) is 27.8 Å². The van der Waals surface area contributed by atoms with Gasteiger partial charge < -0.3 is 11.1 Å². The molecule has 5 aromatic rings. The highest BCUT2D eigenvalue weighted by molar-refractivity contribution is 5.85. The molecular formula is C26H28N8. The standard InChI is InChI=1S/C26H28N8/c1-18-10-22(12-27)11-19(2)23(18)13-28-25-24-16-34(32-26(24)30-17-29-25)15-21-6-4-20(5-7-21)14-33-9-3-8-31-33/h3-11,16-17H,12-15,27H2,1-2H3,(H,28,29,30,32). The van der Waals surface area contributed by atoms with Gasteiger partial charge in [0, 0.05) is 31.7 Å². The summed E-state index contributed by atoms with van der Waals surface area (Å²) in [6.45, 7) is 6.90. The largest absolute Gasteiger partial charge is 0.365 e. The van der Waals surface area contributed by atoms with Crippen molar-refractivity contribution in [1.29, 1.82) is 0 Å². The van der Waals surface area contributed by atoms with Crippen molar-refractivity contribution in [3.63, 3.8) is 0 Å². The highest BCUT2D eigenvalue weighted by Crippen LogP contribution is 2.22. The number of nitrogens with two attached hydrogens (primary N) is 1. The van der Waals surface area contributed by atoms with E-state index in [1.54, 1.807) is 12.5 Å². The van der Waals surface area contributed by atoms with Crippen LogP contribution in [0.4, 0.5) is 5.82 Å². The summed E-state index contributed by atoms with van der Waals surface area (Å²) < 4.78 is 3.83. The van der Waals surface area contributed by atoms with Gasteiger partial charge in [0.15, 0.2) is 5.65 Å². The van der Waals surface area contributed by atoms with Crippen LogP contribution in [0.25, 0.3) is 11.0 Å². The average molecular weight is 453 g/mol. The van der Waals surface area contributed by atoms with E-state index in [9.17, 15) is 0 Å². The molecule has 5 rings (SSSR count). The van der Waals surface area contributed by atoms with Crippen LogP contribution in [0.2, 0.25) is 0 Å². The van der Waals surface area contributed by atoms with Crippen molar-refractivity contribution < 1.29 is 0 Å². The van der Waals surface area contributed by atoms with Crippen molar-refractivity contribution in [2.24, 2.45) is 5.73 Å². The molecule has 0 atom stereocenters. The van der Waals surface area contributed by atoms with E-state index in [1.165, 1.54) is 27.8 Å². The van der Waals surface area contributed by atoms with E-state index < -0.39 is 0 Å². The molecule has 0 aliphatic rings. The molecule has 0 fully saturated rings. The molecule has 0 amide bonds. The first-order valence-electron chi connectivity index (χ1n) is 11.4. The molecule has 0 saturated heterocycles. The monoisotopic (exact) mass is 452 g/mol. The summed E-state index contributed by atoms with van der Waals surface area (Å²) in [7, 11) is 0. The first kappa shape index (κ1) is 21.8. The smallest absolute Gasteiger partial charge is 0.186 e. The first-order chi connectivity index (χ1) is 16.6. The minimum atomic E-state index is 0.550. The number of aromatic nitrogens is 6. The topological polar surface area (TPSA) is 99.5 Å². The minimum Gasteiger partial charge on any atom is -0.365 e. The van der Waals surface area contributed by atoms with Crippen molar-refractivity contribution in [1.82, 2.24) is 29.5 Å². The molecule has 0 saturated carbocycles. The zero-order chi connectivity index (χ0) is 23.5. The Morgan fingerprint density at radius 3 is 2.26 bits per heavy atom. The molecule has 0 aliphatic heterocycles. The Hall–Kier alpha value is -4.04. The Bertz CT molecular complexity index is 1380. The lowest BCUT2D eigenvalue weighted by Crippen LogP contribution is -2.07. The van der Waals surface area contributed by atoms with Crippen LogP contribution < -0.4 is 11.1 Å². The van der Waals surface area contributed by atoms with Gasteiger partial charge in [-0.25, -0.2) is 9.97 Å². The molecule has 8 heteroatoms. The van der Waals surface area contributed by atoms with Crippen LogP contribution in [-0.2, 0) is 26.2 Å². The fourth-order valence-corrected chi connectivity index (χ4v) is 4.28. The normalized spacial score (nSPS) is 11.3. The van der Waals surface area contributed by atoms with E-state index in [-0.39, 0.29) is 0 Å². The lowest BCUT2D eigenvalue weighted by molar-refractivity contribution is 0.681. The molecule has 8 nitrogen and oxygen atoms in total. The van der Waals surface area contributed by atoms with E-state index >= 15 is 0 Å². The first-order valence-corrected chi connectivity index (χ1v) is 11.4. The van der Waals surface area contributed by atoms with Gasteiger partial charge in [0.05, 0.1) is 18.5 Å². The van der Waals surface area contributed by atoms with Gasteiger partial charge in [0.2, 0.25) is 0 Å². The fourth-order valence-electron chi connectivity index (χ4n) is 4.28. The zero-order valence-corrected chi connectivity index (χ0v) is 19.4. The highest BCUT2D eigenvalue weighted by atomic mass is 15.3. The molecule has 0 radical (unpaired) electrons. The molecule has 3 aromatic heterocycles. The average Bonchev–Trinajstić information content (AvgIpc) is 3.49. The molecule has 0 bridgehead atoms. The number of anilines is 1. The van der Waals surface area contributed by atoms with Crippen molar-refractivity contribution >= 4 is 16.9 Å². The number of fused-ring (bicyclic) bond motifs is 1. The van der Waals surface area contributed by atoms with Crippen LogP contribution >= 0.6 is 0 Å². The lowest BCUT2D eigenvalue weighted by atomic mass is 9.99. The highest BCUT2D eigenvalue weighted by Gasteiger charge is 2.11. The van der Waals surface area contributed by atoms with E-state index in [0.717, 1.165) is 23.3 Å². The maximum Gasteiger partial charge on any atom is 0.186 e. The summed E-state index contributed by atoms with van der Waals surface area (Å²) in [4.78, 5) is 8.84. The summed E-state index contributed by atoms with van der Waals surface area (Å²) >= 11 is 0. The van der Waals surface area contributed by atoms with Crippen LogP contribution in [-0.4, -0.2) is 29.5 Å². The van der Waals surface area contributed by atoms with Crippen LogP contribution in [0.5, 0.6) is 0 Å². The van der Waals surface area contributed by atoms with Crippen molar-refractivity contribution in [2.75, 3.05) is 5.32 Å². The van der Waals surface area contributed by atoms with Crippen LogP contribution in [0.3, 0.4) is 0 Å². The second-order valence-corrected chi connectivity index (χ2v) is 8.57. The van der Waals surface area contributed by atoms with Gasteiger partial charge >= 0.3 is 0 Å². The number of aryl methyl sites for hydroxylation is 2. The molecule has 3 heterocycles. The molecular weight excluding hydrogens is 424 g/mol. The Morgan fingerprint density at radius 1 is 0.912 bits per heavy atom. The minimum absolute atomic E-state index is 0.550. The van der Waals surface area contributed by atoms with Gasteiger partial charge in [0.25, 0.3) is 0 Å². The van der Waals surface area contributed by atoms with Crippen molar-refractivity contribution in [2.45, 2.75) is 40.0 Å². The second kappa shape index (κ2) is 9.44.